The summed E-state index contributed by atoms with van der Waals surface area (Å²) in [5, 5.41) is 0. The molecule has 1 saturated heterocycles. The van der Waals surface area contributed by atoms with Crippen LogP contribution < -0.4 is 0 Å². The maximum atomic E-state index is 12.0. The molecule has 2 heterocycles. The van der Waals surface area contributed by atoms with Crippen LogP contribution in [0.1, 0.15) is 34.9 Å². The molecule has 0 bridgehead atoms. The smallest absolute Gasteiger partial charge is 0.223 e. The van der Waals surface area contributed by atoms with Crippen molar-refractivity contribution in [3.8, 4) is 0 Å². The summed E-state index contributed by atoms with van der Waals surface area (Å²) in [4.78, 5) is 18.7. The van der Waals surface area contributed by atoms with Crippen LogP contribution in [-0.2, 0) is 11.3 Å². The first kappa shape index (κ1) is 15.9. The number of likely N-dealkylation sites (tertiary alicyclic amines) is 1. The number of fused-ring (bicyclic) bond motifs is 1. The third-order valence-corrected chi connectivity index (χ3v) is 5.22. The number of carbonyl (C=O) groups is 1. The molecule has 1 amide bonds. The van der Waals surface area contributed by atoms with Crippen LogP contribution >= 0.6 is 0 Å². The summed E-state index contributed by atoms with van der Waals surface area (Å²) in [6.07, 6.45) is 0.548. The molecule has 1 fully saturated rings. The number of hydrogen-bond donors (Lipinski definition) is 0. The van der Waals surface area contributed by atoms with E-state index in [4.69, 9.17) is 4.98 Å². The number of amides is 1. The van der Waals surface area contributed by atoms with Crippen LogP contribution in [-0.4, -0.2) is 34.0 Å². The molecule has 0 saturated carbocycles. The fourth-order valence-electron chi connectivity index (χ4n) is 3.75. The van der Waals surface area contributed by atoms with Gasteiger partial charge in [0.25, 0.3) is 0 Å². The fourth-order valence-corrected chi connectivity index (χ4v) is 3.75. The highest BCUT2D eigenvalue weighted by Crippen LogP contribution is 2.30. The molecule has 0 unspecified atom stereocenters. The third-order valence-electron chi connectivity index (χ3n) is 5.22. The Labute approximate surface area is 148 Å². The number of likely N-dealkylation sites (N-methyl/N-ethyl adjacent to an activating group) is 1. The second-order valence-corrected chi connectivity index (χ2v) is 7.15. The zero-order chi connectivity index (χ0) is 17.6. The van der Waals surface area contributed by atoms with E-state index in [0.717, 1.165) is 29.9 Å². The average Bonchev–Trinajstić information content (AvgIpc) is 3.12. The van der Waals surface area contributed by atoms with Gasteiger partial charge >= 0.3 is 0 Å². The zero-order valence-corrected chi connectivity index (χ0v) is 15.0. The monoisotopic (exact) mass is 333 g/mol. The Morgan fingerprint density at radius 3 is 2.72 bits per heavy atom. The lowest BCUT2D eigenvalue weighted by atomic mass is 10.0. The number of hydrogen-bond acceptors (Lipinski definition) is 2. The minimum atomic E-state index is 0.162. The molecule has 128 valence electrons. The summed E-state index contributed by atoms with van der Waals surface area (Å²) in [5.74, 6) is 1.39. The topological polar surface area (TPSA) is 38.1 Å². The summed E-state index contributed by atoms with van der Waals surface area (Å²) in [5.41, 5.74) is 6.00. The number of imidazole rings is 1. The molecule has 1 aromatic heterocycles. The Morgan fingerprint density at radius 1 is 1.16 bits per heavy atom. The minimum Gasteiger partial charge on any atom is -0.345 e. The molecule has 2 aromatic carbocycles. The van der Waals surface area contributed by atoms with Gasteiger partial charge in [-0.25, -0.2) is 4.98 Å². The van der Waals surface area contributed by atoms with Crippen molar-refractivity contribution in [3.05, 3.63) is 65.0 Å². The highest BCUT2D eigenvalue weighted by Gasteiger charge is 2.32. The van der Waals surface area contributed by atoms with E-state index in [1.54, 1.807) is 0 Å². The van der Waals surface area contributed by atoms with Gasteiger partial charge in [0.1, 0.15) is 5.82 Å². The zero-order valence-electron chi connectivity index (χ0n) is 15.0. The van der Waals surface area contributed by atoms with E-state index >= 15 is 0 Å². The molecular weight excluding hydrogens is 310 g/mol. The highest BCUT2D eigenvalue weighted by atomic mass is 16.2. The molecule has 4 rings (SSSR count). The van der Waals surface area contributed by atoms with Gasteiger partial charge in [0.05, 0.1) is 11.0 Å². The lowest BCUT2D eigenvalue weighted by Crippen LogP contribution is -2.19. The Hall–Kier alpha value is -2.62. The number of carbonyl (C=O) groups excluding carboxylic acids is 1. The Kier molecular flexibility index (Phi) is 3.83. The van der Waals surface area contributed by atoms with E-state index in [0.29, 0.717) is 6.42 Å². The molecule has 3 aromatic rings. The van der Waals surface area contributed by atoms with Crippen LogP contribution in [0.2, 0.25) is 0 Å². The maximum Gasteiger partial charge on any atom is 0.223 e. The summed E-state index contributed by atoms with van der Waals surface area (Å²) >= 11 is 0. The standard InChI is InChI=1S/C21H23N3O/c1-14-8-9-15(2)16(10-14)13-24-19-7-5-4-6-18(19)22-21(24)17-11-20(25)23(3)12-17/h4-10,17H,11-13H2,1-3H3/t17-/m1/s1. The third kappa shape index (κ3) is 2.82. The predicted octanol–water partition coefficient (Wildman–Crippen LogP) is 3.65. The summed E-state index contributed by atoms with van der Waals surface area (Å²) in [6, 6.07) is 14.8. The number of nitrogens with zero attached hydrogens (tertiary/aromatic N) is 3. The first-order valence-electron chi connectivity index (χ1n) is 8.78. The molecule has 0 aliphatic carbocycles. The lowest BCUT2D eigenvalue weighted by molar-refractivity contribution is -0.126. The van der Waals surface area contributed by atoms with Crippen molar-refractivity contribution in [2.75, 3.05) is 13.6 Å². The first-order valence-corrected chi connectivity index (χ1v) is 8.78. The van der Waals surface area contributed by atoms with Gasteiger partial charge in [0.15, 0.2) is 0 Å². The molecule has 1 aliphatic rings. The van der Waals surface area contributed by atoms with E-state index in [2.05, 4.69) is 54.8 Å². The van der Waals surface area contributed by atoms with Crippen molar-refractivity contribution in [2.24, 2.45) is 0 Å². The molecule has 4 heteroatoms. The van der Waals surface area contributed by atoms with Gasteiger partial charge in [-0.1, -0.05) is 35.9 Å². The number of aromatic nitrogens is 2. The quantitative estimate of drug-likeness (QED) is 0.734. The van der Waals surface area contributed by atoms with Crippen molar-refractivity contribution in [1.82, 2.24) is 14.5 Å². The van der Waals surface area contributed by atoms with Gasteiger partial charge in [0.2, 0.25) is 5.91 Å². The largest absolute Gasteiger partial charge is 0.345 e. The number of benzene rings is 2. The van der Waals surface area contributed by atoms with Gasteiger partial charge in [0, 0.05) is 32.5 Å². The molecule has 1 atom stereocenters. The molecular formula is C21H23N3O. The van der Waals surface area contributed by atoms with E-state index in [1.165, 1.54) is 16.7 Å². The van der Waals surface area contributed by atoms with Crippen LogP contribution in [0.3, 0.4) is 0 Å². The van der Waals surface area contributed by atoms with Gasteiger partial charge in [-0.3, -0.25) is 4.79 Å². The van der Waals surface area contributed by atoms with Gasteiger partial charge in [-0.05, 0) is 37.1 Å². The second-order valence-electron chi connectivity index (χ2n) is 7.15. The molecule has 0 spiro atoms. The summed E-state index contributed by atoms with van der Waals surface area (Å²) in [7, 11) is 1.88. The van der Waals surface area contributed by atoms with Gasteiger partial charge < -0.3 is 9.47 Å². The second kappa shape index (κ2) is 6.03. The molecule has 1 aliphatic heterocycles. The van der Waals surface area contributed by atoms with Gasteiger partial charge in [-0.15, -0.1) is 0 Å². The normalized spacial score (nSPS) is 17.6. The van der Waals surface area contributed by atoms with Crippen LogP contribution in [0.5, 0.6) is 0 Å². The Morgan fingerprint density at radius 2 is 1.96 bits per heavy atom. The van der Waals surface area contributed by atoms with Crippen molar-refractivity contribution < 1.29 is 4.79 Å². The number of rotatable bonds is 3. The van der Waals surface area contributed by atoms with Crippen molar-refractivity contribution in [1.29, 1.82) is 0 Å². The van der Waals surface area contributed by atoms with E-state index in [-0.39, 0.29) is 11.8 Å². The van der Waals surface area contributed by atoms with Crippen LogP contribution in [0, 0.1) is 13.8 Å². The fraction of sp³-hybridized carbons (Fsp3) is 0.333. The van der Waals surface area contributed by atoms with Crippen molar-refractivity contribution >= 4 is 16.9 Å². The molecule has 0 N–H and O–H groups in total. The Bertz CT molecular complexity index is 957. The van der Waals surface area contributed by atoms with Crippen LogP contribution in [0.4, 0.5) is 0 Å². The average molecular weight is 333 g/mol. The SMILES string of the molecule is Cc1ccc(C)c(Cn2c([C@@H]3CC(=O)N(C)C3)nc3ccccc32)c1. The summed E-state index contributed by atoms with van der Waals surface area (Å²) < 4.78 is 2.30. The Balaban J connectivity index is 1.82. The highest BCUT2D eigenvalue weighted by molar-refractivity contribution is 5.80. The van der Waals surface area contributed by atoms with Crippen molar-refractivity contribution in [2.45, 2.75) is 32.7 Å². The van der Waals surface area contributed by atoms with Crippen molar-refractivity contribution in [3.63, 3.8) is 0 Å². The van der Waals surface area contributed by atoms with Crippen LogP contribution in [0.25, 0.3) is 11.0 Å². The van der Waals surface area contributed by atoms with E-state index < -0.39 is 0 Å². The minimum absolute atomic E-state index is 0.162. The molecule has 0 radical (unpaired) electrons. The first-order chi connectivity index (χ1) is 12.0. The summed E-state index contributed by atoms with van der Waals surface area (Å²) in [6.45, 7) is 5.81. The van der Waals surface area contributed by atoms with E-state index in [9.17, 15) is 4.79 Å². The van der Waals surface area contributed by atoms with Crippen LogP contribution in [0.15, 0.2) is 42.5 Å². The maximum absolute atomic E-state index is 12.0. The van der Waals surface area contributed by atoms with E-state index in [1.807, 2.05) is 18.0 Å². The molecule has 4 nitrogen and oxygen atoms in total. The predicted molar refractivity (Wildman–Crippen MR) is 99.7 cm³/mol. The number of aryl methyl sites for hydroxylation is 2. The number of para-hydroxylation sites is 2. The molecule has 25 heavy (non-hydrogen) atoms. The lowest BCUT2D eigenvalue weighted by Gasteiger charge is -2.15. The van der Waals surface area contributed by atoms with Gasteiger partial charge in [-0.2, -0.15) is 0 Å².